The van der Waals surface area contributed by atoms with Crippen LogP contribution in [0.15, 0.2) is 40.9 Å². The second-order valence-corrected chi connectivity index (χ2v) is 5.56. The maximum Gasteiger partial charge on any atom is 0.125 e. The SMILES string of the molecule is COc1ccc(Br)cc1C(O)c1ccc(C)cc1C. The molecule has 2 aromatic rings. The highest BCUT2D eigenvalue weighted by Crippen LogP contribution is 2.33. The molecular weight excluding hydrogens is 304 g/mol. The fourth-order valence-corrected chi connectivity index (χ4v) is 2.60. The first kappa shape index (κ1) is 14.1. The molecule has 0 amide bonds. The van der Waals surface area contributed by atoms with E-state index in [9.17, 15) is 5.11 Å². The Morgan fingerprint density at radius 3 is 2.42 bits per heavy atom. The van der Waals surface area contributed by atoms with Gasteiger partial charge in [0.1, 0.15) is 11.9 Å². The van der Waals surface area contributed by atoms with Gasteiger partial charge in [-0.2, -0.15) is 0 Å². The lowest BCUT2D eigenvalue weighted by molar-refractivity contribution is 0.214. The van der Waals surface area contributed by atoms with E-state index >= 15 is 0 Å². The second kappa shape index (κ2) is 5.76. The first-order chi connectivity index (χ1) is 9.02. The minimum absolute atomic E-state index is 0.687. The van der Waals surface area contributed by atoms with Crippen LogP contribution in [0.5, 0.6) is 5.75 Å². The molecule has 0 saturated carbocycles. The predicted octanol–water partition coefficient (Wildman–Crippen LogP) is 4.16. The van der Waals surface area contributed by atoms with E-state index in [0.29, 0.717) is 5.75 Å². The van der Waals surface area contributed by atoms with Gasteiger partial charge in [0.2, 0.25) is 0 Å². The average Bonchev–Trinajstić information content (AvgIpc) is 2.38. The summed E-state index contributed by atoms with van der Waals surface area (Å²) in [7, 11) is 1.61. The standard InChI is InChI=1S/C16H17BrO2/c1-10-4-6-13(11(2)8-10)16(18)14-9-12(17)5-7-15(14)19-3/h4-9,16,18H,1-3H3. The van der Waals surface area contributed by atoms with Crippen molar-refractivity contribution in [2.75, 3.05) is 7.11 Å². The van der Waals surface area contributed by atoms with Gasteiger partial charge in [-0.1, -0.05) is 39.7 Å². The lowest BCUT2D eigenvalue weighted by atomic mass is 9.95. The quantitative estimate of drug-likeness (QED) is 0.920. The van der Waals surface area contributed by atoms with Crippen LogP contribution >= 0.6 is 15.9 Å². The zero-order chi connectivity index (χ0) is 14.0. The molecule has 0 aromatic heterocycles. The highest BCUT2D eigenvalue weighted by atomic mass is 79.9. The summed E-state index contributed by atoms with van der Waals surface area (Å²) in [5.74, 6) is 0.690. The highest BCUT2D eigenvalue weighted by Gasteiger charge is 2.17. The Morgan fingerprint density at radius 1 is 1.05 bits per heavy atom. The number of halogens is 1. The molecule has 1 unspecified atom stereocenters. The first-order valence-electron chi connectivity index (χ1n) is 6.11. The summed E-state index contributed by atoms with van der Waals surface area (Å²) in [4.78, 5) is 0. The van der Waals surface area contributed by atoms with E-state index in [1.807, 2.05) is 44.2 Å². The highest BCUT2D eigenvalue weighted by molar-refractivity contribution is 9.10. The molecule has 0 aliphatic carbocycles. The van der Waals surface area contributed by atoms with Gasteiger partial charge in [0.25, 0.3) is 0 Å². The largest absolute Gasteiger partial charge is 0.496 e. The number of aryl methyl sites for hydroxylation is 2. The maximum atomic E-state index is 10.6. The zero-order valence-corrected chi connectivity index (χ0v) is 12.9. The van der Waals surface area contributed by atoms with Crippen LogP contribution in [-0.2, 0) is 0 Å². The monoisotopic (exact) mass is 320 g/mol. The van der Waals surface area contributed by atoms with Crippen LogP contribution in [0.1, 0.15) is 28.4 Å². The van der Waals surface area contributed by atoms with Gasteiger partial charge in [-0.3, -0.25) is 0 Å². The van der Waals surface area contributed by atoms with Crippen molar-refractivity contribution in [2.24, 2.45) is 0 Å². The summed E-state index contributed by atoms with van der Waals surface area (Å²) < 4.78 is 6.25. The molecule has 3 heteroatoms. The van der Waals surface area contributed by atoms with Crippen molar-refractivity contribution in [1.82, 2.24) is 0 Å². The molecule has 1 N–H and O–H groups in total. The number of aliphatic hydroxyl groups is 1. The molecule has 1 atom stereocenters. The van der Waals surface area contributed by atoms with Gasteiger partial charge in [-0.05, 0) is 43.2 Å². The molecule has 0 aliphatic rings. The van der Waals surface area contributed by atoms with Gasteiger partial charge in [0, 0.05) is 10.0 Å². The van der Waals surface area contributed by atoms with Crippen LogP contribution in [0, 0.1) is 13.8 Å². The van der Waals surface area contributed by atoms with Gasteiger partial charge in [0.05, 0.1) is 7.11 Å². The Balaban J connectivity index is 2.49. The third kappa shape index (κ3) is 2.99. The topological polar surface area (TPSA) is 29.5 Å². The lowest BCUT2D eigenvalue weighted by Crippen LogP contribution is -2.04. The van der Waals surface area contributed by atoms with Gasteiger partial charge in [-0.25, -0.2) is 0 Å². The summed E-state index contributed by atoms with van der Waals surface area (Å²) in [6.45, 7) is 4.05. The van der Waals surface area contributed by atoms with Crippen molar-refractivity contribution in [2.45, 2.75) is 20.0 Å². The van der Waals surface area contributed by atoms with Crippen molar-refractivity contribution >= 4 is 15.9 Å². The summed E-state index contributed by atoms with van der Waals surface area (Å²) >= 11 is 3.43. The van der Waals surface area contributed by atoms with Crippen LogP contribution < -0.4 is 4.74 Å². The van der Waals surface area contributed by atoms with E-state index in [-0.39, 0.29) is 0 Å². The molecule has 100 valence electrons. The molecule has 19 heavy (non-hydrogen) atoms. The average molecular weight is 321 g/mol. The smallest absolute Gasteiger partial charge is 0.125 e. The van der Waals surface area contributed by atoms with Crippen LogP contribution in [0.2, 0.25) is 0 Å². The number of methoxy groups -OCH3 is 1. The van der Waals surface area contributed by atoms with E-state index in [1.54, 1.807) is 7.11 Å². The van der Waals surface area contributed by atoms with Crippen molar-refractivity contribution in [3.05, 3.63) is 63.1 Å². The fraction of sp³-hybridized carbons (Fsp3) is 0.250. The van der Waals surface area contributed by atoms with E-state index in [2.05, 4.69) is 22.0 Å². The second-order valence-electron chi connectivity index (χ2n) is 4.65. The first-order valence-corrected chi connectivity index (χ1v) is 6.91. The molecule has 0 saturated heterocycles. The minimum atomic E-state index is -0.687. The van der Waals surface area contributed by atoms with Crippen molar-refractivity contribution in [3.63, 3.8) is 0 Å². The van der Waals surface area contributed by atoms with Gasteiger partial charge < -0.3 is 9.84 Å². The van der Waals surface area contributed by atoms with E-state index in [0.717, 1.165) is 21.2 Å². The van der Waals surface area contributed by atoms with E-state index < -0.39 is 6.10 Å². The van der Waals surface area contributed by atoms with Gasteiger partial charge in [0.15, 0.2) is 0 Å². The normalized spacial score (nSPS) is 12.3. The van der Waals surface area contributed by atoms with Crippen LogP contribution in [0.3, 0.4) is 0 Å². The Morgan fingerprint density at radius 2 is 1.79 bits per heavy atom. The molecule has 0 bridgehead atoms. The van der Waals surface area contributed by atoms with Gasteiger partial charge in [-0.15, -0.1) is 0 Å². The van der Waals surface area contributed by atoms with Crippen LogP contribution in [0.25, 0.3) is 0 Å². The number of rotatable bonds is 3. The van der Waals surface area contributed by atoms with Crippen LogP contribution in [-0.4, -0.2) is 12.2 Å². The third-order valence-electron chi connectivity index (χ3n) is 3.21. The Labute approximate surface area is 122 Å². The molecule has 2 rings (SSSR count). The molecule has 2 aromatic carbocycles. The number of hydrogen-bond donors (Lipinski definition) is 1. The van der Waals surface area contributed by atoms with E-state index in [4.69, 9.17) is 4.74 Å². The summed E-state index contributed by atoms with van der Waals surface area (Å²) in [6, 6.07) is 11.7. The maximum absolute atomic E-state index is 10.6. The Kier molecular flexibility index (Phi) is 4.27. The summed E-state index contributed by atoms with van der Waals surface area (Å²) in [5, 5.41) is 10.6. The molecule has 0 fully saturated rings. The summed E-state index contributed by atoms with van der Waals surface area (Å²) in [5.41, 5.74) is 3.94. The lowest BCUT2D eigenvalue weighted by Gasteiger charge is -2.18. The molecule has 0 radical (unpaired) electrons. The van der Waals surface area contributed by atoms with Crippen molar-refractivity contribution in [1.29, 1.82) is 0 Å². The van der Waals surface area contributed by atoms with Crippen LogP contribution in [0.4, 0.5) is 0 Å². The Hall–Kier alpha value is -1.32. The van der Waals surface area contributed by atoms with Crippen molar-refractivity contribution < 1.29 is 9.84 Å². The molecule has 0 aliphatic heterocycles. The fourth-order valence-electron chi connectivity index (χ4n) is 2.22. The number of hydrogen-bond acceptors (Lipinski definition) is 2. The molecule has 0 heterocycles. The Bertz CT molecular complexity index is 593. The third-order valence-corrected chi connectivity index (χ3v) is 3.70. The van der Waals surface area contributed by atoms with E-state index in [1.165, 1.54) is 5.56 Å². The van der Waals surface area contributed by atoms with Gasteiger partial charge >= 0.3 is 0 Å². The molecule has 0 spiro atoms. The number of benzene rings is 2. The summed E-state index contributed by atoms with van der Waals surface area (Å²) in [6.07, 6.45) is -0.687. The molecule has 2 nitrogen and oxygen atoms in total. The zero-order valence-electron chi connectivity index (χ0n) is 11.3. The number of aliphatic hydroxyl groups excluding tert-OH is 1. The minimum Gasteiger partial charge on any atom is -0.496 e. The number of ether oxygens (including phenoxy) is 1. The predicted molar refractivity (Wildman–Crippen MR) is 80.7 cm³/mol. The van der Waals surface area contributed by atoms with Crippen molar-refractivity contribution in [3.8, 4) is 5.75 Å². The molecular formula is C16H17BrO2.